The van der Waals surface area contributed by atoms with Gasteiger partial charge in [0.2, 0.25) is 11.7 Å². The van der Waals surface area contributed by atoms with E-state index in [0.717, 1.165) is 18.0 Å². The van der Waals surface area contributed by atoms with Crippen LogP contribution >= 0.6 is 0 Å². The number of nitrogens with zero attached hydrogens (tertiary/aromatic N) is 7. The molecule has 0 atom stereocenters. The average Bonchev–Trinajstić information content (AvgIpc) is 3.30. The molecule has 0 saturated carbocycles. The van der Waals surface area contributed by atoms with Crippen molar-refractivity contribution in [1.29, 1.82) is 0 Å². The number of hydrogen-bond acceptors (Lipinski definition) is 8. The third-order valence-electron chi connectivity index (χ3n) is 4.89. The second-order valence-corrected chi connectivity index (χ2v) is 6.75. The Morgan fingerprint density at radius 2 is 1.93 bits per heavy atom. The van der Waals surface area contributed by atoms with E-state index in [2.05, 4.69) is 30.3 Å². The van der Waals surface area contributed by atoms with E-state index in [0.29, 0.717) is 31.7 Å². The third-order valence-corrected chi connectivity index (χ3v) is 4.89. The molecule has 1 amide bonds. The van der Waals surface area contributed by atoms with Crippen molar-refractivity contribution < 1.29 is 14.1 Å². The van der Waals surface area contributed by atoms with Gasteiger partial charge in [-0.2, -0.15) is 9.49 Å². The Morgan fingerprint density at radius 1 is 1.17 bits per heavy atom. The molecule has 3 aromatic rings. The lowest BCUT2D eigenvalue weighted by Crippen LogP contribution is -2.38. The van der Waals surface area contributed by atoms with Gasteiger partial charge in [0.25, 0.3) is 0 Å². The lowest BCUT2D eigenvalue weighted by atomic mass is 9.95. The highest BCUT2D eigenvalue weighted by Gasteiger charge is 2.26. The van der Waals surface area contributed by atoms with Gasteiger partial charge in [-0.05, 0) is 25.0 Å². The minimum absolute atomic E-state index is 0.198. The van der Waals surface area contributed by atoms with Gasteiger partial charge in [-0.15, -0.1) is 0 Å². The molecule has 11 nitrogen and oxygen atoms in total. The van der Waals surface area contributed by atoms with Gasteiger partial charge in [0.05, 0.1) is 4.92 Å². The summed E-state index contributed by atoms with van der Waals surface area (Å²) in [4.78, 5) is 37.0. The molecule has 0 radical (unpaired) electrons. The molecule has 1 aromatic carbocycles. The highest BCUT2D eigenvalue weighted by molar-refractivity contribution is 5.93. The Balaban J connectivity index is 1.38. The van der Waals surface area contributed by atoms with Crippen LogP contribution in [0.25, 0.3) is 5.82 Å². The lowest BCUT2D eigenvalue weighted by Gasteiger charge is -2.32. The Kier molecular flexibility index (Phi) is 5.28. The SMILES string of the molecule is O=C(Nc1ccc(F)c([N+](=O)[O-])c1)C1CCN(c2cc(-n3cncn3)ncn2)CC1. The summed E-state index contributed by atoms with van der Waals surface area (Å²) in [5.41, 5.74) is -0.474. The zero-order valence-corrected chi connectivity index (χ0v) is 15.7. The van der Waals surface area contributed by atoms with E-state index in [1.165, 1.54) is 23.4 Å². The molecule has 1 saturated heterocycles. The fraction of sp³-hybridized carbons (Fsp3) is 0.278. The first-order valence-electron chi connectivity index (χ1n) is 9.18. The highest BCUT2D eigenvalue weighted by Crippen LogP contribution is 2.26. The van der Waals surface area contributed by atoms with Crippen LogP contribution in [0.1, 0.15) is 12.8 Å². The first-order valence-corrected chi connectivity index (χ1v) is 9.18. The maximum atomic E-state index is 13.5. The fourth-order valence-corrected chi connectivity index (χ4v) is 3.31. The predicted octanol–water partition coefficient (Wildman–Crippen LogP) is 1.96. The summed E-state index contributed by atoms with van der Waals surface area (Å²) >= 11 is 0. The number of amides is 1. The largest absolute Gasteiger partial charge is 0.356 e. The van der Waals surface area contributed by atoms with E-state index in [4.69, 9.17) is 0 Å². The topological polar surface area (TPSA) is 132 Å². The number of anilines is 2. The molecular formula is C18H17FN8O3. The molecule has 1 fully saturated rings. The number of nitro benzene ring substituents is 1. The number of aromatic nitrogens is 5. The molecular weight excluding hydrogens is 395 g/mol. The summed E-state index contributed by atoms with van der Waals surface area (Å²) in [6.45, 7) is 1.21. The number of nitrogens with one attached hydrogen (secondary N) is 1. The average molecular weight is 412 g/mol. The van der Waals surface area contributed by atoms with Gasteiger partial charge in [-0.3, -0.25) is 14.9 Å². The molecule has 0 unspecified atom stereocenters. The zero-order valence-electron chi connectivity index (χ0n) is 15.7. The van der Waals surface area contributed by atoms with Gasteiger partial charge >= 0.3 is 5.69 Å². The Bertz CT molecular complexity index is 1070. The van der Waals surface area contributed by atoms with Gasteiger partial charge < -0.3 is 10.2 Å². The minimum atomic E-state index is -0.943. The number of hydrogen-bond donors (Lipinski definition) is 1. The van der Waals surface area contributed by atoms with Crippen LogP contribution in [-0.4, -0.2) is 48.7 Å². The molecule has 1 aliphatic rings. The van der Waals surface area contributed by atoms with E-state index < -0.39 is 16.4 Å². The lowest BCUT2D eigenvalue weighted by molar-refractivity contribution is -0.387. The second-order valence-electron chi connectivity index (χ2n) is 6.75. The summed E-state index contributed by atoms with van der Waals surface area (Å²) in [5, 5.41) is 17.6. The maximum absolute atomic E-state index is 13.5. The zero-order chi connectivity index (χ0) is 21.1. The third kappa shape index (κ3) is 4.06. The van der Waals surface area contributed by atoms with Gasteiger partial charge in [0, 0.05) is 36.8 Å². The number of piperidine rings is 1. The Labute approximate surface area is 169 Å². The van der Waals surface area contributed by atoms with Gasteiger partial charge in [-0.1, -0.05) is 0 Å². The van der Waals surface area contributed by atoms with Gasteiger partial charge in [-0.25, -0.2) is 19.6 Å². The number of nitro groups is 1. The second kappa shape index (κ2) is 8.19. The highest BCUT2D eigenvalue weighted by atomic mass is 19.1. The van der Waals surface area contributed by atoms with Crippen LogP contribution in [0, 0.1) is 21.8 Å². The number of rotatable bonds is 5. The molecule has 1 N–H and O–H groups in total. The normalized spacial score (nSPS) is 14.5. The van der Waals surface area contributed by atoms with E-state index >= 15 is 0 Å². The van der Waals surface area contributed by atoms with E-state index in [1.54, 1.807) is 12.4 Å². The molecule has 154 valence electrons. The van der Waals surface area contributed by atoms with Crippen molar-refractivity contribution in [2.45, 2.75) is 12.8 Å². The number of benzene rings is 1. The summed E-state index contributed by atoms with van der Waals surface area (Å²) in [6.07, 6.45) is 5.58. The standard InChI is InChI=1S/C18H17FN8O3/c19-14-2-1-13(7-15(14)27(29)30)24-18(28)12-3-5-25(6-4-12)16-8-17(22-10-21-16)26-11-20-9-23-26/h1-2,7-12H,3-6H2,(H,24,28). The molecule has 1 aliphatic heterocycles. The smallest absolute Gasteiger partial charge is 0.306 e. The molecule has 0 aliphatic carbocycles. The van der Waals surface area contributed by atoms with Gasteiger partial charge in [0.1, 0.15) is 24.8 Å². The summed E-state index contributed by atoms with van der Waals surface area (Å²) in [6, 6.07) is 5.10. The van der Waals surface area contributed by atoms with Crippen molar-refractivity contribution >= 4 is 23.1 Å². The van der Waals surface area contributed by atoms with E-state index in [1.807, 2.05) is 0 Å². The van der Waals surface area contributed by atoms with Crippen LogP contribution in [0.2, 0.25) is 0 Å². The quantitative estimate of drug-likeness (QED) is 0.497. The summed E-state index contributed by atoms with van der Waals surface area (Å²) < 4.78 is 15.0. The minimum Gasteiger partial charge on any atom is -0.356 e. The van der Waals surface area contributed by atoms with Crippen molar-refractivity contribution in [2.24, 2.45) is 5.92 Å². The number of carbonyl (C=O) groups excluding carboxylic acids is 1. The number of halogens is 1. The van der Waals surface area contributed by atoms with E-state index in [-0.39, 0.29) is 17.5 Å². The molecule has 3 heterocycles. The first kappa shape index (κ1) is 19.4. The van der Waals surface area contributed by atoms with E-state index in [9.17, 15) is 19.3 Å². The molecule has 0 bridgehead atoms. The van der Waals surface area contributed by atoms with Crippen LogP contribution in [0.4, 0.5) is 21.6 Å². The van der Waals surface area contributed by atoms with Crippen molar-refractivity contribution in [3.63, 3.8) is 0 Å². The van der Waals surface area contributed by atoms with Crippen LogP contribution in [-0.2, 0) is 4.79 Å². The summed E-state index contributed by atoms with van der Waals surface area (Å²) in [7, 11) is 0. The Hall–Kier alpha value is -3.96. The van der Waals surface area contributed by atoms with Crippen molar-refractivity contribution in [3.05, 3.63) is 59.2 Å². The Morgan fingerprint density at radius 3 is 2.63 bits per heavy atom. The first-order chi connectivity index (χ1) is 14.5. The predicted molar refractivity (Wildman–Crippen MR) is 104 cm³/mol. The van der Waals surface area contributed by atoms with Crippen LogP contribution in [0.5, 0.6) is 0 Å². The monoisotopic (exact) mass is 412 g/mol. The van der Waals surface area contributed by atoms with Crippen LogP contribution in [0.3, 0.4) is 0 Å². The van der Waals surface area contributed by atoms with Crippen molar-refractivity contribution in [3.8, 4) is 5.82 Å². The van der Waals surface area contributed by atoms with Crippen molar-refractivity contribution in [1.82, 2.24) is 24.7 Å². The van der Waals surface area contributed by atoms with Crippen LogP contribution in [0.15, 0.2) is 43.2 Å². The molecule has 0 spiro atoms. The van der Waals surface area contributed by atoms with Gasteiger partial charge in [0.15, 0.2) is 5.82 Å². The molecule has 30 heavy (non-hydrogen) atoms. The maximum Gasteiger partial charge on any atom is 0.306 e. The molecule has 4 rings (SSSR count). The van der Waals surface area contributed by atoms with Crippen LogP contribution < -0.4 is 10.2 Å². The number of carbonyl (C=O) groups is 1. The fourth-order valence-electron chi connectivity index (χ4n) is 3.31. The van der Waals surface area contributed by atoms with Crippen molar-refractivity contribution in [2.75, 3.05) is 23.3 Å². The molecule has 12 heteroatoms. The molecule has 2 aromatic heterocycles. The summed E-state index contributed by atoms with van der Waals surface area (Å²) in [5.74, 6) is -0.135.